The summed E-state index contributed by atoms with van der Waals surface area (Å²) in [6, 6.07) is 1.14. The van der Waals surface area contributed by atoms with E-state index in [1.165, 1.54) is 0 Å². The maximum Gasteiger partial charge on any atom is 0.318 e. The lowest BCUT2D eigenvalue weighted by atomic mass is 10.3. The molecule has 1 aromatic heterocycles. The lowest BCUT2D eigenvalue weighted by Crippen LogP contribution is -2.40. The van der Waals surface area contributed by atoms with Gasteiger partial charge < -0.3 is 11.1 Å². The minimum absolute atomic E-state index is 0.0821. The summed E-state index contributed by atoms with van der Waals surface area (Å²) in [5.74, 6) is -0.423. The number of nitrogens with two attached hydrogens (primary N) is 1. The number of urea groups is 1. The van der Waals surface area contributed by atoms with E-state index in [1.54, 1.807) is 11.3 Å². The van der Waals surface area contributed by atoms with E-state index in [-0.39, 0.29) is 6.54 Å². The number of thiophene rings is 1. The highest BCUT2D eigenvalue weighted by molar-refractivity contribution is 7.07. The van der Waals surface area contributed by atoms with Crippen molar-refractivity contribution < 1.29 is 9.59 Å². The molecule has 1 rings (SSSR count). The van der Waals surface area contributed by atoms with Crippen LogP contribution in [0.15, 0.2) is 16.8 Å². The molecule has 14 heavy (non-hydrogen) atoms. The predicted molar refractivity (Wildman–Crippen MR) is 53.8 cm³/mol. The van der Waals surface area contributed by atoms with Gasteiger partial charge in [-0.25, -0.2) is 4.79 Å². The van der Waals surface area contributed by atoms with E-state index in [2.05, 4.69) is 5.32 Å². The second kappa shape index (κ2) is 5.36. The van der Waals surface area contributed by atoms with Crippen LogP contribution in [0.5, 0.6) is 0 Å². The summed E-state index contributed by atoms with van der Waals surface area (Å²) in [4.78, 5) is 21.2. The quantitative estimate of drug-likeness (QED) is 0.660. The second-order valence-electron chi connectivity index (χ2n) is 2.65. The lowest BCUT2D eigenvalue weighted by molar-refractivity contribution is -0.119. The summed E-state index contributed by atoms with van der Waals surface area (Å²) in [5, 5.41) is 8.79. The van der Waals surface area contributed by atoms with E-state index in [0.29, 0.717) is 6.54 Å². The molecule has 0 saturated heterocycles. The largest absolute Gasteiger partial charge is 0.351 e. The van der Waals surface area contributed by atoms with Crippen molar-refractivity contribution in [2.45, 2.75) is 6.54 Å². The van der Waals surface area contributed by atoms with Crippen LogP contribution in [0, 0.1) is 0 Å². The topological polar surface area (TPSA) is 84.2 Å². The molecule has 4 N–H and O–H groups in total. The van der Waals surface area contributed by atoms with Crippen LogP contribution in [0.3, 0.4) is 0 Å². The van der Waals surface area contributed by atoms with Crippen LogP contribution >= 0.6 is 11.3 Å². The normalized spacial score (nSPS) is 9.71. The standard InChI is InChI=1S/C8H11N3O2S/c9-8(13)11-7(12)4-10-3-6-1-2-14-5-6/h1-2,5,10H,3-4H2,(H3,9,11,12,13). The number of imide groups is 1. The number of hydrogen-bond donors (Lipinski definition) is 3. The van der Waals surface area contributed by atoms with Gasteiger partial charge in [0.15, 0.2) is 0 Å². The molecule has 6 heteroatoms. The van der Waals surface area contributed by atoms with Gasteiger partial charge >= 0.3 is 6.03 Å². The number of hydrogen-bond acceptors (Lipinski definition) is 4. The van der Waals surface area contributed by atoms with E-state index in [9.17, 15) is 9.59 Å². The maximum absolute atomic E-state index is 10.9. The van der Waals surface area contributed by atoms with Gasteiger partial charge in [-0.1, -0.05) is 0 Å². The van der Waals surface area contributed by atoms with Crippen LogP contribution in [0.25, 0.3) is 0 Å². The van der Waals surface area contributed by atoms with Crippen molar-refractivity contribution >= 4 is 23.3 Å². The molecule has 0 saturated carbocycles. The Hall–Kier alpha value is -1.40. The first-order valence-electron chi connectivity index (χ1n) is 3.99. The van der Waals surface area contributed by atoms with Crippen molar-refractivity contribution in [1.82, 2.24) is 10.6 Å². The van der Waals surface area contributed by atoms with E-state index >= 15 is 0 Å². The summed E-state index contributed by atoms with van der Waals surface area (Å²) >= 11 is 1.59. The van der Waals surface area contributed by atoms with Crippen molar-refractivity contribution in [3.05, 3.63) is 22.4 Å². The Balaban J connectivity index is 2.15. The zero-order chi connectivity index (χ0) is 10.4. The smallest absolute Gasteiger partial charge is 0.318 e. The van der Waals surface area contributed by atoms with Crippen molar-refractivity contribution in [3.8, 4) is 0 Å². The maximum atomic E-state index is 10.9. The van der Waals surface area contributed by atoms with Crippen molar-refractivity contribution in [3.63, 3.8) is 0 Å². The molecular weight excluding hydrogens is 202 g/mol. The number of carbonyl (C=O) groups is 2. The SMILES string of the molecule is NC(=O)NC(=O)CNCc1ccsc1. The van der Waals surface area contributed by atoms with Gasteiger partial charge in [-0.2, -0.15) is 11.3 Å². The number of rotatable bonds is 4. The Labute approximate surface area is 85.3 Å². The average molecular weight is 213 g/mol. The molecule has 0 aliphatic heterocycles. The third kappa shape index (κ3) is 4.01. The van der Waals surface area contributed by atoms with Gasteiger partial charge in [0.05, 0.1) is 6.54 Å². The van der Waals surface area contributed by atoms with E-state index < -0.39 is 11.9 Å². The Morgan fingerprint density at radius 1 is 1.50 bits per heavy atom. The molecule has 0 aliphatic rings. The highest BCUT2D eigenvalue weighted by Crippen LogP contribution is 2.04. The van der Waals surface area contributed by atoms with Gasteiger partial charge in [-0.05, 0) is 22.4 Å². The van der Waals surface area contributed by atoms with Crippen LogP contribution < -0.4 is 16.4 Å². The Bertz CT molecular complexity index is 310. The van der Waals surface area contributed by atoms with Crippen molar-refractivity contribution in [1.29, 1.82) is 0 Å². The van der Waals surface area contributed by atoms with Gasteiger partial charge in [0.25, 0.3) is 0 Å². The molecule has 0 aromatic carbocycles. The molecule has 0 aliphatic carbocycles. The number of primary amides is 1. The second-order valence-corrected chi connectivity index (χ2v) is 3.43. The number of carbonyl (C=O) groups excluding carboxylic acids is 2. The molecule has 5 nitrogen and oxygen atoms in total. The summed E-state index contributed by atoms with van der Waals surface area (Å²) in [6.45, 7) is 0.689. The zero-order valence-corrected chi connectivity index (χ0v) is 8.26. The van der Waals surface area contributed by atoms with E-state index in [1.807, 2.05) is 22.1 Å². The Morgan fingerprint density at radius 3 is 2.86 bits per heavy atom. The van der Waals surface area contributed by atoms with Crippen LogP contribution in [0.4, 0.5) is 4.79 Å². The molecule has 0 fully saturated rings. The molecule has 0 bridgehead atoms. The highest BCUT2D eigenvalue weighted by Gasteiger charge is 2.02. The Morgan fingerprint density at radius 2 is 2.29 bits per heavy atom. The van der Waals surface area contributed by atoms with Gasteiger partial charge in [0, 0.05) is 6.54 Å². The lowest BCUT2D eigenvalue weighted by Gasteiger charge is -2.02. The molecule has 0 atom stereocenters. The van der Waals surface area contributed by atoms with Crippen molar-refractivity contribution in [2.24, 2.45) is 5.73 Å². The molecule has 3 amide bonds. The zero-order valence-electron chi connectivity index (χ0n) is 7.45. The minimum Gasteiger partial charge on any atom is -0.351 e. The van der Waals surface area contributed by atoms with E-state index in [0.717, 1.165) is 5.56 Å². The van der Waals surface area contributed by atoms with Crippen LogP contribution in [-0.4, -0.2) is 18.5 Å². The van der Waals surface area contributed by atoms with Crippen LogP contribution in [-0.2, 0) is 11.3 Å². The van der Waals surface area contributed by atoms with Crippen LogP contribution in [0.2, 0.25) is 0 Å². The monoisotopic (exact) mass is 213 g/mol. The van der Waals surface area contributed by atoms with Gasteiger partial charge in [-0.3, -0.25) is 10.1 Å². The molecule has 1 aromatic rings. The van der Waals surface area contributed by atoms with Gasteiger partial charge in [0.1, 0.15) is 0 Å². The molecule has 0 spiro atoms. The Kier molecular flexibility index (Phi) is 4.09. The third-order valence-electron chi connectivity index (χ3n) is 1.46. The molecule has 1 heterocycles. The molecular formula is C8H11N3O2S. The van der Waals surface area contributed by atoms with Crippen LogP contribution in [0.1, 0.15) is 5.56 Å². The van der Waals surface area contributed by atoms with Gasteiger partial charge in [-0.15, -0.1) is 0 Å². The third-order valence-corrected chi connectivity index (χ3v) is 2.19. The molecule has 0 radical (unpaired) electrons. The fourth-order valence-corrected chi connectivity index (χ4v) is 1.56. The fourth-order valence-electron chi connectivity index (χ4n) is 0.895. The first-order chi connectivity index (χ1) is 6.68. The highest BCUT2D eigenvalue weighted by atomic mass is 32.1. The van der Waals surface area contributed by atoms with Gasteiger partial charge in [0.2, 0.25) is 5.91 Å². The molecule has 76 valence electrons. The average Bonchev–Trinajstić information content (AvgIpc) is 2.55. The summed E-state index contributed by atoms with van der Waals surface area (Å²) in [5.41, 5.74) is 5.88. The van der Waals surface area contributed by atoms with Crippen molar-refractivity contribution in [2.75, 3.05) is 6.54 Å². The fraction of sp³-hybridized carbons (Fsp3) is 0.250. The first kappa shape index (κ1) is 10.7. The summed E-state index contributed by atoms with van der Waals surface area (Å²) in [7, 11) is 0. The number of amides is 3. The summed E-state index contributed by atoms with van der Waals surface area (Å²) < 4.78 is 0. The van der Waals surface area contributed by atoms with E-state index in [4.69, 9.17) is 5.73 Å². The first-order valence-corrected chi connectivity index (χ1v) is 4.94. The minimum atomic E-state index is -0.827. The number of nitrogens with one attached hydrogen (secondary N) is 2. The predicted octanol–water partition coefficient (Wildman–Crippen LogP) is 0.0326. The molecule has 0 unspecified atom stereocenters. The summed E-state index contributed by atoms with van der Waals surface area (Å²) in [6.07, 6.45) is 0.